The number of rotatable bonds is 5. The van der Waals surface area contributed by atoms with Crippen molar-refractivity contribution in [2.75, 3.05) is 18.4 Å². The van der Waals surface area contributed by atoms with E-state index in [-0.39, 0.29) is 11.5 Å². The second-order valence-corrected chi connectivity index (χ2v) is 6.23. The molecule has 1 saturated heterocycles. The first kappa shape index (κ1) is 16.0. The van der Waals surface area contributed by atoms with Gasteiger partial charge in [0, 0.05) is 11.0 Å². The highest BCUT2D eigenvalue weighted by Crippen LogP contribution is 2.34. The first-order valence-electron chi connectivity index (χ1n) is 7.04. The van der Waals surface area contributed by atoms with E-state index in [2.05, 4.69) is 33.5 Å². The average Bonchev–Trinajstić information content (AvgIpc) is 2.91. The molecule has 0 bridgehead atoms. The second-order valence-electron chi connectivity index (χ2n) is 5.38. The van der Waals surface area contributed by atoms with Crippen LogP contribution in [0.25, 0.3) is 0 Å². The summed E-state index contributed by atoms with van der Waals surface area (Å²) in [5, 5.41) is 15.3. The first-order chi connectivity index (χ1) is 10.00. The predicted molar refractivity (Wildman–Crippen MR) is 84.6 cm³/mol. The molecule has 1 aliphatic heterocycles. The summed E-state index contributed by atoms with van der Waals surface area (Å²) in [5.41, 5.74) is -0.0208. The zero-order valence-corrected chi connectivity index (χ0v) is 13.5. The zero-order chi connectivity index (χ0) is 15.5. The average molecular weight is 355 g/mol. The number of amides is 1. The maximum Gasteiger partial charge on any atom is 0.337 e. The van der Waals surface area contributed by atoms with Crippen molar-refractivity contribution in [1.82, 2.24) is 5.32 Å². The van der Waals surface area contributed by atoms with Gasteiger partial charge in [-0.2, -0.15) is 0 Å². The fraction of sp³-hybridized carbons (Fsp3) is 0.467. The minimum atomic E-state index is -1.05. The van der Waals surface area contributed by atoms with Crippen molar-refractivity contribution < 1.29 is 14.7 Å². The number of para-hydroxylation sites is 1. The zero-order valence-electron chi connectivity index (χ0n) is 11.9. The molecule has 1 atom stereocenters. The topological polar surface area (TPSA) is 78.4 Å². The smallest absolute Gasteiger partial charge is 0.337 e. The molecule has 1 aromatic rings. The lowest BCUT2D eigenvalue weighted by Crippen LogP contribution is -2.38. The number of anilines is 1. The van der Waals surface area contributed by atoms with Crippen molar-refractivity contribution >= 4 is 33.5 Å². The molecule has 0 saturated carbocycles. The molecule has 1 aliphatic rings. The molecule has 0 aromatic heterocycles. The Morgan fingerprint density at radius 2 is 2.24 bits per heavy atom. The summed E-state index contributed by atoms with van der Waals surface area (Å²) in [7, 11) is 0. The Morgan fingerprint density at radius 3 is 2.81 bits per heavy atom. The van der Waals surface area contributed by atoms with Crippen LogP contribution in [0, 0.1) is 5.41 Å². The van der Waals surface area contributed by atoms with Gasteiger partial charge in [0.25, 0.3) is 0 Å². The predicted octanol–water partition coefficient (Wildman–Crippen LogP) is 2.87. The Hall–Kier alpha value is -1.40. The Labute approximate surface area is 132 Å². The molecular weight excluding hydrogens is 336 g/mol. The van der Waals surface area contributed by atoms with Crippen LogP contribution >= 0.6 is 15.9 Å². The van der Waals surface area contributed by atoms with E-state index in [1.807, 2.05) is 0 Å². The molecule has 0 spiro atoms. The van der Waals surface area contributed by atoms with Crippen molar-refractivity contribution in [1.29, 1.82) is 0 Å². The molecule has 1 aromatic carbocycles. The van der Waals surface area contributed by atoms with Crippen LogP contribution in [0.1, 0.15) is 36.5 Å². The maximum atomic E-state index is 12.7. The van der Waals surface area contributed by atoms with Gasteiger partial charge in [-0.25, -0.2) is 4.79 Å². The third kappa shape index (κ3) is 3.27. The molecule has 1 amide bonds. The van der Waals surface area contributed by atoms with Crippen LogP contribution in [-0.2, 0) is 4.79 Å². The number of hydrogen-bond acceptors (Lipinski definition) is 3. The Morgan fingerprint density at radius 1 is 1.48 bits per heavy atom. The van der Waals surface area contributed by atoms with E-state index in [1.165, 1.54) is 6.07 Å². The van der Waals surface area contributed by atoms with Crippen LogP contribution < -0.4 is 10.6 Å². The number of carboxylic acid groups (broad SMARTS) is 1. The summed E-state index contributed by atoms with van der Waals surface area (Å²) < 4.78 is 0.577. The molecule has 1 fully saturated rings. The summed E-state index contributed by atoms with van der Waals surface area (Å²) in [6.45, 7) is 3.50. The molecule has 5 nitrogen and oxygen atoms in total. The van der Waals surface area contributed by atoms with Crippen LogP contribution in [0.15, 0.2) is 22.7 Å². The first-order valence-corrected chi connectivity index (χ1v) is 7.83. The number of carbonyl (C=O) groups is 2. The SMILES string of the molecule is CCCC1(C(=O)Nc2c(Br)cccc2C(=O)O)CCNC1. The van der Waals surface area contributed by atoms with Gasteiger partial charge in [0.2, 0.25) is 5.91 Å². The second kappa shape index (κ2) is 6.58. The molecule has 1 unspecified atom stereocenters. The maximum absolute atomic E-state index is 12.7. The van der Waals surface area contributed by atoms with E-state index in [4.69, 9.17) is 0 Å². The van der Waals surface area contributed by atoms with Crippen molar-refractivity contribution in [2.24, 2.45) is 5.41 Å². The molecule has 0 aliphatic carbocycles. The van der Waals surface area contributed by atoms with Crippen molar-refractivity contribution in [3.8, 4) is 0 Å². The Kier molecular flexibility index (Phi) is 5.00. The molecule has 1 heterocycles. The number of carboxylic acids is 1. The monoisotopic (exact) mass is 354 g/mol. The fourth-order valence-corrected chi connectivity index (χ4v) is 3.28. The lowest BCUT2D eigenvalue weighted by molar-refractivity contribution is -0.125. The highest BCUT2D eigenvalue weighted by atomic mass is 79.9. The van der Waals surface area contributed by atoms with Crippen molar-refractivity contribution in [2.45, 2.75) is 26.2 Å². The molecule has 2 rings (SSSR count). The van der Waals surface area contributed by atoms with Gasteiger partial charge in [0.05, 0.1) is 16.7 Å². The van der Waals surface area contributed by atoms with Crippen molar-refractivity contribution in [3.05, 3.63) is 28.2 Å². The minimum absolute atomic E-state index is 0.0929. The van der Waals surface area contributed by atoms with E-state index >= 15 is 0 Å². The summed E-state index contributed by atoms with van der Waals surface area (Å²) in [6.07, 6.45) is 2.48. The minimum Gasteiger partial charge on any atom is -0.478 e. The number of carbonyl (C=O) groups excluding carboxylic acids is 1. The van der Waals surface area contributed by atoms with E-state index in [1.54, 1.807) is 12.1 Å². The molecule has 6 heteroatoms. The van der Waals surface area contributed by atoms with E-state index in [0.29, 0.717) is 16.7 Å². The van der Waals surface area contributed by atoms with Crippen LogP contribution in [0.2, 0.25) is 0 Å². The lowest BCUT2D eigenvalue weighted by atomic mass is 9.81. The third-order valence-electron chi connectivity index (χ3n) is 3.94. The van der Waals surface area contributed by atoms with Gasteiger partial charge in [-0.15, -0.1) is 0 Å². The van der Waals surface area contributed by atoms with Gasteiger partial charge in [-0.1, -0.05) is 19.4 Å². The van der Waals surface area contributed by atoms with Crippen molar-refractivity contribution in [3.63, 3.8) is 0 Å². The summed E-state index contributed by atoms with van der Waals surface area (Å²) >= 11 is 3.32. The van der Waals surface area contributed by atoms with Gasteiger partial charge in [-0.3, -0.25) is 4.79 Å². The van der Waals surface area contributed by atoms with Crippen LogP contribution in [0.4, 0.5) is 5.69 Å². The van der Waals surface area contributed by atoms with Crippen LogP contribution in [0.3, 0.4) is 0 Å². The largest absolute Gasteiger partial charge is 0.478 e. The van der Waals surface area contributed by atoms with Crippen LogP contribution in [-0.4, -0.2) is 30.1 Å². The Balaban J connectivity index is 2.29. The molecule has 21 heavy (non-hydrogen) atoms. The normalized spacial score (nSPS) is 21.2. The molecule has 0 radical (unpaired) electrons. The van der Waals surface area contributed by atoms with Gasteiger partial charge in [0.15, 0.2) is 0 Å². The molecule has 114 valence electrons. The summed E-state index contributed by atoms with van der Waals surface area (Å²) in [4.78, 5) is 24.0. The van der Waals surface area contributed by atoms with Gasteiger partial charge in [-0.05, 0) is 47.4 Å². The lowest BCUT2D eigenvalue weighted by Gasteiger charge is -2.27. The standard InChI is InChI=1S/C15H19BrN2O3/c1-2-6-15(7-8-17-9-15)14(21)18-12-10(13(19)20)4-3-5-11(12)16/h3-5,17H,2,6-9H2,1H3,(H,18,21)(H,19,20). The highest BCUT2D eigenvalue weighted by molar-refractivity contribution is 9.10. The number of hydrogen-bond donors (Lipinski definition) is 3. The van der Waals surface area contributed by atoms with E-state index < -0.39 is 11.4 Å². The van der Waals surface area contributed by atoms with Gasteiger partial charge in [0.1, 0.15) is 0 Å². The van der Waals surface area contributed by atoms with Gasteiger partial charge < -0.3 is 15.7 Å². The number of nitrogens with one attached hydrogen (secondary N) is 2. The molecular formula is C15H19BrN2O3. The number of benzene rings is 1. The summed E-state index contributed by atoms with van der Waals surface area (Å²) in [6, 6.07) is 4.85. The van der Waals surface area contributed by atoms with Crippen LogP contribution in [0.5, 0.6) is 0 Å². The summed E-state index contributed by atoms with van der Waals surface area (Å²) in [5.74, 6) is -1.16. The quantitative estimate of drug-likeness (QED) is 0.759. The van der Waals surface area contributed by atoms with Gasteiger partial charge >= 0.3 is 5.97 Å². The third-order valence-corrected chi connectivity index (χ3v) is 4.60. The number of aromatic carboxylic acids is 1. The van der Waals surface area contributed by atoms with E-state index in [9.17, 15) is 14.7 Å². The molecule has 3 N–H and O–H groups in total. The highest BCUT2D eigenvalue weighted by Gasteiger charge is 2.40. The fourth-order valence-electron chi connectivity index (χ4n) is 2.82. The van der Waals surface area contributed by atoms with E-state index in [0.717, 1.165) is 25.8 Å². The Bertz CT molecular complexity index is 554. The number of halogens is 1.